The van der Waals surface area contributed by atoms with Gasteiger partial charge in [0, 0.05) is 13.0 Å². The van der Waals surface area contributed by atoms with Gasteiger partial charge in [-0.25, -0.2) is 0 Å². The molecule has 0 fully saturated rings. The molecular formula is C13H18N2O. The highest BCUT2D eigenvalue weighted by Gasteiger charge is 2.18. The van der Waals surface area contributed by atoms with Gasteiger partial charge in [0.05, 0.1) is 12.3 Å². The Kier molecular flexibility index (Phi) is 3.44. The molecule has 0 amide bonds. The topological polar surface area (TPSA) is 36.3 Å². The number of hydrogen-bond donors (Lipinski definition) is 1. The van der Waals surface area contributed by atoms with Crippen LogP contribution in [0.15, 0.2) is 24.3 Å². The number of rotatable bonds is 2. The number of anilines is 1. The van der Waals surface area contributed by atoms with Gasteiger partial charge in [0.15, 0.2) is 0 Å². The maximum atomic E-state index is 8.08. The normalized spacial score (nSPS) is 14.9. The molecule has 2 rings (SSSR count). The van der Waals surface area contributed by atoms with Crippen molar-refractivity contribution in [2.24, 2.45) is 0 Å². The summed E-state index contributed by atoms with van der Waals surface area (Å²) in [5, 5.41) is 8.08. The first-order valence-electron chi connectivity index (χ1n) is 5.89. The number of nitrogens with one attached hydrogen (secondary N) is 1. The van der Waals surface area contributed by atoms with Gasteiger partial charge in [0.1, 0.15) is 11.6 Å². The number of ether oxygens (including phenoxy) is 1. The average molecular weight is 218 g/mol. The van der Waals surface area contributed by atoms with Crippen LogP contribution in [0.2, 0.25) is 0 Å². The zero-order valence-corrected chi connectivity index (χ0v) is 9.70. The Bertz CT molecular complexity index is 376. The van der Waals surface area contributed by atoms with E-state index in [9.17, 15) is 0 Å². The highest BCUT2D eigenvalue weighted by Crippen LogP contribution is 2.30. The molecule has 86 valence electrons. The van der Waals surface area contributed by atoms with Gasteiger partial charge in [-0.2, -0.15) is 0 Å². The van der Waals surface area contributed by atoms with Gasteiger partial charge in [-0.15, -0.1) is 0 Å². The van der Waals surface area contributed by atoms with Gasteiger partial charge < -0.3 is 9.64 Å². The Morgan fingerprint density at radius 1 is 1.44 bits per heavy atom. The molecule has 1 aromatic rings. The third-order valence-corrected chi connectivity index (χ3v) is 2.75. The average Bonchev–Trinajstić information content (AvgIpc) is 2.51. The Morgan fingerprint density at radius 3 is 3.06 bits per heavy atom. The third kappa shape index (κ3) is 2.18. The molecule has 0 unspecified atom stereocenters. The molecule has 0 spiro atoms. The van der Waals surface area contributed by atoms with Crippen molar-refractivity contribution >= 4 is 11.5 Å². The predicted octanol–water partition coefficient (Wildman–Crippen LogP) is 3.05. The highest BCUT2D eigenvalue weighted by molar-refractivity contribution is 5.96. The van der Waals surface area contributed by atoms with Crippen molar-refractivity contribution < 1.29 is 4.74 Å². The van der Waals surface area contributed by atoms with Crippen LogP contribution in [0, 0.1) is 5.41 Å². The van der Waals surface area contributed by atoms with E-state index < -0.39 is 0 Å². The van der Waals surface area contributed by atoms with E-state index in [0.717, 1.165) is 43.9 Å². The van der Waals surface area contributed by atoms with Crippen molar-refractivity contribution in [3.63, 3.8) is 0 Å². The van der Waals surface area contributed by atoms with Gasteiger partial charge >= 0.3 is 0 Å². The molecular weight excluding hydrogens is 200 g/mol. The lowest BCUT2D eigenvalue weighted by Crippen LogP contribution is -2.30. The fraction of sp³-hybridized carbons (Fsp3) is 0.462. The van der Waals surface area contributed by atoms with Crippen molar-refractivity contribution in [3.8, 4) is 5.75 Å². The minimum Gasteiger partial charge on any atom is -0.491 e. The van der Waals surface area contributed by atoms with Crippen molar-refractivity contribution in [3.05, 3.63) is 24.3 Å². The SMILES string of the molecule is CCCC(=N)N1CCCOc2ccccc21. The number of nitrogens with zero attached hydrogens (tertiary/aromatic N) is 1. The van der Waals surface area contributed by atoms with E-state index in [4.69, 9.17) is 10.1 Å². The van der Waals surface area contributed by atoms with Crippen molar-refractivity contribution in [2.75, 3.05) is 18.1 Å². The summed E-state index contributed by atoms with van der Waals surface area (Å²) in [6.07, 6.45) is 2.81. The largest absolute Gasteiger partial charge is 0.491 e. The minimum absolute atomic E-state index is 0.695. The Balaban J connectivity index is 2.28. The van der Waals surface area contributed by atoms with Crippen LogP contribution in [-0.4, -0.2) is 19.0 Å². The second-order valence-corrected chi connectivity index (χ2v) is 4.02. The maximum Gasteiger partial charge on any atom is 0.142 e. The molecule has 1 aliphatic heterocycles. The molecule has 0 saturated carbocycles. The summed E-state index contributed by atoms with van der Waals surface area (Å²) in [5.74, 6) is 1.60. The van der Waals surface area contributed by atoms with Crippen LogP contribution in [0.4, 0.5) is 5.69 Å². The van der Waals surface area contributed by atoms with Crippen LogP contribution in [-0.2, 0) is 0 Å². The fourth-order valence-corrected chi connectivity index (χ4v) is 1.98. The summed E-state index contributed by atoms with van der Waals surface area (Å²) >= 11 is 0. The second-order valence-electron chi connectivity index (χ2n) is 4.02. The van der Waals surface area contributed by atoms with Gasteiger partial charge in [0.25, 0.3) is 0 Å². The second kappa shape index (κ2) is 5.01. The summed E-state index contributed by atoms with van der Waals surface area (Å²) in [4.78, 5) is 2.08. The first-order valence-corrected chi connectivity index (χ1v) is 5.89. The van der Waals surface area contributed by atoms with Crippen molar-refractivity contribution in [2.45, 2.75) is 26.2 Å². The number of benzene rings is 1. The summed E-state index contributed by atoms with van der Waals surface area (Å²) in [5.41, 5.74) is 1.04. The smallest absolute Gasteiger partial charge is 0.142 e. The Labute approximate surface area is 96.5 Å². The van der Waals surface area contributed by atoms with E-state index in [-0.39, 0.29) is 0 Å². The van der Waals surface area contributed by atoms with Crippen LogP contribution in [0.3, 0.4) is 0 Å². The molecule has 3 nitrogen and oxygen atoms in total. The third-order valence-electron chi connectivity index (χ3n) is 2.75. The Morgan fingerprint density at radius 2 is 2.25 bits per heavy atom. The molecule has 1 aliphatic rings. The van der Waals surface area contributed by atoms with Gasteiger partial charge in [-0.05, 0) is 25.0 Å². The first kappa shape index (κ1) is 11.0. The molecule has 0 atom stereocenters. The summed E-state index contributed by atoms with van der Waals surface area (Å²) in [6.45, 7) is 3.73. The molecule has 0 bridgehead atoms. The number of para-hydroxylation sites is 2. The lowest BCUT2D eigenvalue weighted by Gasteiger charge is -2.24. The van der Waals surface area contributed by atoms with E-state index in [1.54, 1.807) is 0 Å². The molecule has 3 heteroatoms. The number of hydrogen-bond acceptors (Lipinski definition) is 2. The van der Waals surface area contributed by atoms with Crippen LogP contribution >= 0.6 is 0 Å². The molecule has 1 aromatic carbocycles. The highest BCUT2D eigenvalue weighted by atomic mass is 16.5. The lowest BCUT2D eigenvalue weighted by atomic mass is 10.2. The summed E-state index contributed by atoms with van der Waals surface area (Å²) in [6, 6.07) is 7.99. The quantitative estimate of drug-likeness (QED) is 0.611. The van der Waals surface area contributed by atoms with Crippen LogP contribution in [0.25, 0.3) is 0 Å². The molecule has 1 N–H and O–H groups in total. The van der Waals surface area contributed by atoms with Crippen molar-refractivity contribution in [1.82, 2.24) is 0 Å². The molecule has 0 aromatic heterocycles. The molecule has 0 radical (unpaired) electrons. The molecule has 0 saturated heterocycles. The monoisotopic (exact) mass is 218 g/mol. The molecule has 1 heterocycles. The zero-order chi connectivity index (χ0) is 11.4. The van der Waals surface area contributed by atoms with E-state index in [2.05, 4.69) is 11.8 Å². The Hall–Kier alpha value is -1.51. The van der Waals surface area contributed by atoms with E-state index in [1.165, 1.54) is 0 Å². The summed E-state index contributed by atoms with van der Waals surface area (Å²) < 4.78 is 5.67. The first-order chi connectivity index (χ1) is 7.83. The molecule has 16 heavy (non-hydrogen) atoms. The van der Waals surface area contributed by atoms with Gasteiger partial charge in [-0.3, -0.25) is 5.41 Å². The summed E-state index contributed by atoms with van der Waals surface area (Å²) in [7, 11) is 0. The van der Waals surface area contributed by atoms with Crippen LogP contribution in [0.1, 0.15) is 26.2 Å². The maximum absolute atomic E-state index is 8.08. The molecule has 0 aliphatic carbocycles. The van der Waals surface area contributed by atoms with E-state index >= 15 is 0 Å². The van der Waals surface area contributed by atoms with Crippen LogP contribution in [0.5, 0.6) is 5.75 Å². The lowest BCUT2D eigenvalue weighted by molar-refractivity contribution is 0.322. The van der Waals surface area contributed by atoms with Crippen molar-refractivity contribution in [1.29, 1.82) is 5.41 Å². The van der Waals surface area contributed by atoms with E-state index in [0.29, 0.717) is 5.84 Å². The van der Waals surface area contributed by atoms with E-state index in [1.807, 2.05) is 24.3 Å². The van der Waals surface area contributed by atoms with Crippen LogP contribution < -0.4 is 9.64 Å². The van der Waals surface area contributed by atoms with Gasteiger partial charge in [0.2, 0.25) is 0 Å². The number of fused-ring (bicyclic) bond motifs is 1. The van der Waals surface area contributed by atoms with Gasteiger partial charge in [-0.1, -0.05) is 19.1 Å². The fourth-order valence-electron chi connectivity index (χ4n) is 1.98. The standard InChI is InChI=1S/C13H18N2O/c1-2-6-13(14)15-9-5-10-16-12-8-4-3-7-11(12)15/h3-4,7-8,14H,2,5-6,9-10H2,1H3. The predicted molar refractivity (Wildman–Crippen MR) is 66.5 cm³/mol. The minimum atomic E-state index is 0.695. The zero-order valence-electron chi connectivity index (χ0n) is 9.70. The number of amidine groups is 1.